The monoisotopic (exact) mass is 318 g/mol. The Morgan fingerprint density at radius 1 is 1.22 bits per heavy atom. The van der Waals surface area contributed by atoms with E-state index in [4.69, 9.17) is 4.74 Å². The molecule has 2 rings (SSSR count). The summed E-state index contributed by atoms with van der Waals surface area (Å²) >= 11 is 0. The SMILES string of the molecule is CN(CC(=O)NC1CC1)C(=O)COC(=O)CCc1ccccc1. The molecule has 2 amide bonds. The summed E-state index contributed by atoms with van der Waals surface area (Å²) in [7, 11) is 1.52. The first-order valence-corrected chi connectivity index (χ1v) is 7.77. The number of esters is 1. The molecule has 1 aromatic carbocycles. The molecule has 0 heterocycles. The summed E-state index contributed by atoms with van der Waals surface area (Å²) in [6.45, 7) is -0.349. The van der Waals surface area contributed by atoms with Gasteiger partial charge >= 0.3 is 5.97 Å². The van der Waals surface area contributed by atoms with E-state index < -0.39 is 5.97 Å². The minimum absolute atomic E-state index is 0.0170. The Morgan fingerprint density at radius 2 is 1.91 bits per heavy atom. The van der Waals surface area contributed by atoms with Crippen molar-refractivity contribution >= 4 is 17.8 Å². The van der Waals surface area contributed by atoms with Crippen LogP contribution in [0.5, 0.6) is 0 Å². The van der Waals surface area contributed by atoms with Crippen molar-refractivity contribution in [2.75, 3.05) is 20.2 Å². The third kappa shape index (κ3) is 6.50. The molecular formula is C17H22N2O4. The summed E-state index contributed by atoms with van der Waals surface area (Å²) in [5.74, 6) is -0.985. The zero-order valence-corrected chi connectivity index (χ0v) is 13.3. The molecule has 0 atom stereocenters. The zero-order valence-electron chi connectivity index (χ0n) is 13.3. The van der Waals surface area contributed by atoms with Crippen LogP contribution in [-0.4, -0.2) is 48.9 Å². The van der Waals surface area contributed by atoms with E-state index in [0.717, 1.165) is 18.4 Å². The maximum atomic E-state index is 11.8. The quantitative estimate of drug-likeness (QED) is 0.723. The average Bonchev–Trinajstić information content (AvgIpc) is 3.35. The summed E-state index contributed by atoms with van der Waals surface area (Å²) in [6, 6.07) is 9.87. The highest BCUT2D eigenvalue weighted by atomic mass is 16.5. The van der Waals surface area contributed by atoms with Gasteiger partial charge in [-0.3, -0.25) is 14.4 Å². The number of hydrogen-bond donors (Lipinski definition) is 1. The normalized spacial score (nSPS) is 13.3. The number of rotatable bonds is 8. The van der Waals surface area contributed by atoms with Gasteiger partial charge < -0.3 is 15.0 Å². The second-order valence-corrected chi connectivity index (χ2v) is 5.74. The van der Waals surface area contributed by atoms with Crippen LogP contribution < -0.4 is 5.32 Å². The standard InChI is InChI=1S/C17H22N2O4/c1-19(11-15(20)18-14-8-9-14)16(21)12-23-17(22)10-7-13-5-3-2-4-6-13/h2-6,14H,7-12H2,1H3,(H,18,20). The number of carbonyl (C=O) groups is 3. The van der Waals surface area contributed by atoms with Crippen molar-refractivity contribution in [3.8, 4) is 0 Å². The highest BCUT2D eigenvalue weighted by Crippen LogP contribution is 2.18. The lowest BCUT2D eigenvalue weighted by molar-refractivity contribution is -0.151. The van der Waals surface area contributed by atoms with Gasteiger partial charge in [0.15, 0.2) is 6.61 Å². The Morgan fingerprint density at radius 3 is 2.57 bits per heavy atom. The van der Waals surface area contributed by atoms with Gasteiger partial charge in [-0.05, 0) is 24.8 Å². The number of carbonyl (C=O) groups excluding carboxylic acids is 3. The van der Waals surface area contributed by atoms with Crippen molar-refractivity contribution in [3.63, 3.8) is 0 Å². The largest absolute Gasteiger partial charge is 0.456 e. The van der Waals surface area contributed by atoms with E-state index in [2.05, 4.69) is 5.32 Å². The van der Waals surface area contributed by atoms with E-state index in [0.29, 0.717) is 6.42 Å². The number of nitrogens with zero attached hydrogens (tertiary/aromatic N) is 1. The second-order valence-electron chi connectivity index (χ2n) is 5.74. The van der Waals surface area contributed by atoms with Gasteiger partial charge in [0.05, 0.1) is 6.54 Å². The van der Waals surface area contributed by atoms with Crippen LogP contribution in [0, 0.1) is 0 Å². The lowest BCUT2D eigenvalue weighted by Crippen LogP contribution is -2.40. The molecule has 1 saturated carbocycles. The van der Waals surface area contributed by atoms with Crippen molar-refractivity contribution in [2.24, 2.45) is 0 Å². The number of amides is 2. The number of benzene rings is 1. The lowest BCUT2D eigenvalue weighted by atomic mass is 10.1. The molecule has 1 aromatic rings. The minimum atomic E-state index is -0.418. The highest BCUT2D eigenvalue weighted by Gasteiger charge is 2.24. The van der Waals surface area contributed by atoms with Crippen molar-refractivity contribution in [2.45, 2.75) is 31.7 Å². The number of ether oxygens (including phenoxy) is 1. The van der Waals surface area contributed by atoms with Crippen LogP contribution in [0.1, 0.15) is 24.8 Å². The number of aryl methyl sites for hydroxylation is 1. The van der Waals surface area contributed by atoms with Crippen molar-refractivity contribution in [3.05, 3.63) is 35.9 Å². The van der Waals surface area contributed by atoms with Crippen LogP contribution in [0.15, 0.2) is 30.3 Å². The third-order valence-corrected chi connectivity index (χ3v) is 3.57. The Hall–Kier alpha value is -2.37. The van der Waals surface area contributed by atoms with E-state index in [1.54, 1.807) is 0 Å². The van der Waals surface area contributed by atoms with E-state index in [9.17, 15) is 14.4 Å². The molecule has 1 N–H and O–H groups in total. The van der Waals surface area contributed by atoms with E-state index in [1.165, 1.54) is 11.9 Å². The first-order chi connectivity index (χ1) is 11.0. The topological polar surface area (TPSA) is 75.7 Å². The molecule has 6 heteroatoms. The summed E-state index contributed by atoms with van der Waals surface area (Å²) in [6.07, 6.45) is 2.81. The van der Waals surface area contributed by atoms with Gasteiger partial charge in [0.1, 0.15) is 0 Å². The summed E-state index contributed by atoms with van der Waals surface area (Å²) < 4.78 is 4.96. The first kappa shape index (κ1) is 17.0. The lowest BCUT2D eigenvalue weighted by Gasteiger charge is -2.16. The predicted octanol–water partition coefficient (Wildman–Crippen LogP) is 0.899. The van der Waals surface area contributed by atoms with Crippen LogP contribution in [0.4, 0.5) is 0 Å². The van der Waals surface area contributed by atoms with Crippen LogP contribution >= 0.6 is 0 Å². The van der Waals surface area contributed by atoms with Crippen molar-refractivity contribution in [1.82, 2.24) is 10.2 Å². The molecule has 1 aliphatic carbocycles. The molecule has 0 unspecified atom stereocenters. The number of nitrogens with one attached hydrogen (secondary N) is 1. The van der Waals surface area contributed by atoms with Crippen LogP contribution in [0.3, 0.4) is 0 Å². The fourth-order valence-electron chi connectivity index (χ4n) is 2.02. The first-order valence-electron chi connectivity index (χ1n) is 7.77. The van der Waals surface area contributed by atoms with E-state index >= 15 is 0 Å². The van der Waals surface area contributed by atoms with E-state index in [1.807, 2.05) is 30.3 Å². The molecule has 6 nitrogen and oxygen atoms in total. The smallest absolute Gasteiger partial charge is 0.306 e. The van der Waals surface area contributed by atoms with E-state index in [-0.39, 0.29) is 37.4 Å². The molecule has 0 spiro atoms. The van der Waals surface area contributed by atoms with Crippen LogP contribution in [0.2, 0.25) is 0 Å². The molecule has 23 heavy (non-hydrogen) atoms. The van der Waals surface area contributed by atoms with Gasteiger partial charge in [0, 0.05) is 19.5 Å². The Kier molecular flexibility index (Phi) is 6.14. The Labute approximate surface area is 135 Å². The highest BCUT2D eigenvalue weighted by molar-refractivity contribution is 5.86. The molecule has 0 radical (unpaired) electrons. The minimum Gasteiger partial charge on any atom is -0.456 e. The van der Waals surface area contributed by atoms with Crippen molar-refractivity contribution in [1.29, 1.82) is 0 Å². The molecule has 0 saturated heterocycles. The maximum absolute atomic E-state index is 11.8. The van der Waals surface area contributed by atoms with Gasteiger partial charge in [-0.1, -0.05) is 30.3 Å². The van der Waals surface area contributed by atoms with Crippen LogP contribution in [-0.2, 0) is 25.5 Å². The van der Waals surface area contributed by atoms with Gasteiger partial charge in [-0.15, -0.1) is 0 Å². The van der Waals surface area contributed by atoms with Gasteiger partial charge in [0.25, 0.3) is 5.91 Å². The maximum Gasteiger partial charge on any atom is 0.306 e. The molecule has 0 aromatic heterocycles. The zero-order chi connectivity index (χ0) is 16.7. The molecule has 0 bridgehead atoms. The molecule has 1 fully saturated rings. The Balaban J connectivity index is 1.62. The van der Waals surface area contributed by atoms with Crippen molar-refractivity contribution < 1.29 is 19.1 Å². The van der Waals surface area contributed by atoms with Crippen LogP contribution in [0.25, 0.3) is 0 Å². The fourth-order valence-corrected chi connectivity index (χ4v) is 2.02. The third-order valence-electron chi connectivity index (χ3n) is 3.57. The molecule has 1 aliphatic rings. The molecular weight excluding hydrogens is 296 g/mol. The number of likely N-dealkylation sites (N-methyl/N-ethyl adjacent to an activating group) is 1. The molecule has 124 valence electrons. The predicted molar refractivity (Wildman–Crippen MR) is 84.5 cm³/mol. The van der Waals surface area contributed by atoms with Gasteiger partial charge in [-0.2, -0.15) is 0 Å². The summed E-state index contributed by atoms with van der Waals surface area (Å²) in [5.41, 5.74) is 1.05. The molecule has 0 aliphatic heterocycles. The van der Waals surface area contributed by atoms with Gasteiger partial charge in [0.2, 0.25) is 5.91 Å². The summed E-state index contributed by atoms with van der Waals surface area (Å²) in [4.78, 5) is 36.3. The average molecular weight is 318 g/mol. The van der Waals surface area contributed by atoms with Gasteiger partial charge in [-0.25, -0.2) is 0 Å². The number of hydrogen-bond acceptors (Lipinski definition) is 4. The second kappa shape index (κ2) is 8.31. The Bertz CT molecular complexity index is 555. The fraction of sp³-hybridized carbons (Fsp3) is 0.471. The summed E-state index contributed by atoms with van der Waals surface area (Å²) in [5, 5.41) is 2.80.